The summed E-state index contributed by atoms with van der Waals surface area (Å²) >= 11 is 0. The van der Waals surface area contributed by atoms with Gasteiger partial charge in [0, 0.05) is 19.3 Å². The minimum Gasteiger partial charge on any atom is -0.462 e. The molecule has 0 bridgehead atoms. The first-order valence-electron chi connectivity index (χ1n) is 23.8. The molecule has 322 valence electrons. The van der Waals surface area contributed by atoms with Crippen LogP contribution in [0.15, 0.2) is 24.3 Å². The molecule has 0 aromatic carbocycles. The summed E-state index contributed by atoms with van der Waals surface area (Å²) in [5, 5.41) is 0. The van der Waals surface area contributed by atoms with Crippen LogP contribution in [0.25, 0.3) is 0 Å². The largest absolute Gasteiger partial charge is 0.462 e. The van der Waals surface area contributed by atoms with Crippen molar-refractivity contribution in [2.75, 3.05) is 13.2 Å². The summed E-state index contributed by atoms with van der Waals surface area (Å²) in [5.74, 6) is -0.885. The molecule has 0 saturated carbocycles. The van der Waals surface area contributed by atoms with Crippen LogP contribution < -0.4 is 0 Å². The van der Waals surface area contributed by atoms with Crippen LogP contribution in [-0.4, -0.2) is 37.2 Å². The first-order chi connectivity index (χ1) is 27.0. The van der Waals surface area contributed by atoms with Crippen LogP contribution in [0.4, 0.5) is 0 Å². The number of ether oxygens (including phenoxy) is 3. The summed E-state index contributed by atoms with van der Waals surface area (Å²) in [6, 6.07) is 0. The Hall–Kier alpha value is -2.11. The average molecular weight is 775 g/mol. The molecule has 0 amide bonds. The van der Waals surface area contributed by atoms with Gasteiger partial charge in [-0.3, -0.25) is 14.4 Å². The van der Waals surface area contributed by atoms with Gasteiger partial charge in [-0.15, -0.1) is 0 Å². The van der Waals surface area contributed by atoms with Gasteiger partial charge < -0.3 is 14.2 Å². The van der Waals surface area contributed by atoms with Crippen LogP contribution in [-0.2, 0) is 28.6 Å². The topological polar surface area (TPSA) is 78.9 Å². The molecule has 1 unspecified atom stereocenters. The van der Waals surface area contributed by atoms with Gasteiger partial charge in [-0.1, -0.05) is 206 Å². The number of unbranched alkanes of at least 4 members (excludes halogenated alkanes) is 28. The van der Waals surface area contributed by atoms with Crippen LogP contribution in [0.2, 0.25) is 0 Å². The summed E-state index contributed by atoms with van der Waals surface area (Å²) < 4.78 is 16.5. The van der Waals surface area contributed by atoms with E-state index >= 15 is 0 Å². The number of carbonyl (C=O) groups is 3. The first kappa shape index (κ1) is 52.9. The lowest BCUT2D eigenvalue weighted by molar-refractivity contribution is -0.167. The Morgan fingerprint density at radius 2 is 0.655 bits per heavy atom. The van der Waals surface area contributed by atoms with E-state index in [1.807, 2.05) is 0 Å². The highest BCUT2D eigenvalue weighted by molar-refractivity contribution is 5.71. The SMILES string of the molecule is CCCCCCC/C=C\C/C=C\CCCCCCCCCCCCCCCC(=O)OCC(COC(=O)CCCCCCCC)OC(=O)CCCCCCCC. The van der Waals surface area contributed by atoms with E-state index in [4.69, 9.17) is 14.2 Å². The maximum atomic E-state index is 12.5. The third kappa shape index (κ3) is 42.9. The van der Waals surface area contributed by atoms with Gasteiger partial charge in [-0.2, -0.15) is 0 Å². The summed E-state index contributed by atoms with van der Waals surface area (Å²) in [7, 11) is 0. The van der Waals surface area contributed by atoms with Crippen molar-refractivity contribution in [2.45, 2.75) is 258 Å². The van der Waals surface area contributed by atoms with Crippen molar-refractivity contribution >= 4 is 17.9 Å². The number of hydrogen-bond acceptors (Lipinski definition) is 6. The maximum Gasteiger partial charge on any atom is 0.306 e. The monoisotopic (exact) mass is 775 g/mol. The van der Waals surface area contributed by atoms with Gasteiger partial charge in [0.05, 0.1) is 0 Å². The molecule has 0 spiro atoms. The lowest BCUT2D eigenvalue weighted by Gasteiger charge is -2.18. The quantitative estimate of drug-likeness (QED) is 0.0266. The van der Waals surface area contributed by atoms with Gasteiger partial charge in [-0.25, -0.2) is 0 Å². The van der Waals surface area contributed by atoms with Gasteiger partial charge in [0.1, 0.15) is 13.2 Å². The van der Waals surface area contributed by atoms with Crippen LogP contribution in [0, 0.1) is 0 Å². The lowest BCUT2D eigenvalue weighted by Crippen LogP contribution is -2.30. The third-order valence-electron chi connectivity index (χ3n) is 10.5. The maximum absolute atomic E-state index is 12.5. The van der Waals surface area contributed by atoms with E-state index in [2.05, 4.69) is 45.1 Å². The Labute approximate surface area is 341 Å². The number of carbonyl (C=O) groups excluding carboxylic acids is 3. The molecule has 0 aliphatic rings. The average Bonchev–Trinajstić information content (AvgIpc) is 3.18. The Bertz CT molecular complexity index is 896. The highest BCUT2D eigenvalue weighted by atomic mass is 16.6. The highest BCUT2D eigenvalue weighted by Gasteiger charge is 2.19. The van der Waals surface area contributed by atoms with Crippen molar-refractivity contribution in [3.05, 3.63) is 24.3 Å². The second-order valence-electron chi connectivity index (χ2n) is 16.0. The Balaban J connectivity index is 3.93. The van der Waals surface area contributed by atoms with Crippen LogP contribution in [0.3, 0.4) is 0 Å². The molecule has 0 radical (unpaired) electrons. The van der Waals surface area contributed by atoms with E-state index in [0.29, 0.717) is 19.3 Å². The molecule has 0 saturated heterocycles. The normalized spacial score (nSPS) is 12.1. The smallest absolute Gasteiger partial charge is 0.306 e. The van der Waals surface area contributed by atoms with Crippen molar-refractivity contribution in [3.8, 4) is 0 Å². The van der Waals surface area contributed by atoms with Crippen molar-refractivity contribution in [1.29, 1.82) is 0 Å². The highest BCUT2D eigenvalue weighted by Crippen LogP contribution is 2.15. The molecule has 6 nitrogen and oxygen atoms in total. The molecule has 1 atom stereocenters. The first-order valence-corrected chi connectivity index (χ1v) is 23.8. The van der Waals surface area contributed by atoms with Crippen LogP contribution in [0.1, 0.15) is 252 Å². The Kier molecular flexibility index (Phi) is 42.9. The van der Waals surface area contributed by atoms with E-state index in [0.717, 1.165) is 64.2 Å². The summed E-state index contributed by atoms with van der Waals surface area (Å²) in [6.07, 6.45) is 49.4. The molecule has 0 N–H and O–H groups in total. The van der Waals surface area contributed by atoms with Crippen molar-refractivity contribution in [1.82, 2.24) is 0 Å². The molecular formula is C49H90O6. The molecule has 0 aromatic rings. The zero-order valence-electron chi connectivity index (χ0n) is 36.7. The summed E-state index contributed by atoms with van der Waals surface area (Å²) in [5.41, 5.74) is 0. The number of hydrogen-bond donors (Lipinski definition) is 0. The van der Waals surface area contributed by atoms with Gasteiger partial charge in [-0.05, 0) is 51.4 Å². The molecule has 6 heteroatoms. The number of esters is 3. The summed E-state index contributed by atoms with van der Waals surface area (Å²) in [4.78, 5) is 37.3. The summed E-state index contributed by atoms with van der Waals surface area (Å²) in [6.45, 7) is 6.51. The second kappa shape index (κ2) is 44.6. The molecule has 0 rings (SSSR count). The molecule has 0 aliphatic heterocycles. The number of rotatable bonds is 43. The fourth-order valence-electron chi connectivity index (χ4n) is 6.82. The number of allylic oxidation sites excluding steroid dienone is 4. The predicted octanol–water partition coefficient (Wildman–Crippen LogP) is 15.2. The molecule has 0 fully saturated rings. The van der Waals surface area contributed by atoms with Crippen LogP contribution >= 0.6 is 0 Å². The molecule has 0 heterocycles. The lowest BCUT2D eigenvalue weighted by atomic mass is 10.0. The molecule has 0 aromatic heterocycles. The van der Waals surface area contributed by atoms with Gasteiger partial charge >= 0.3 is 17.9 Å². The zero-order valence-corrected chi connectivity index (χ0v) is 36.7. The van der Waals surface area contributed by atoms with Gasteiger partial charge in [0.25, 0.3) is 0 Å². The Morgan fingerprint density at radius 3 is 1.00 bits per heavy atom. The molecule has 0 aliphatic carbocycles. The fraction of sp³-hybridized carbons (Fsp3) is 0.857. The van der Waals surface area contributed by atoms with Crippen molar-refractivity contribution < 1.29 is 28.6 Å². The van der Waals surface area contributed by atoms with Gasteiger partial charge in [0.2, 0.25) is 0 Å². The zero-order chi connectivity index (χ0) is 40.1. The van der Waals surface area contributed by atoms with E-state index in [-0.39, 0.29) is 31.1 Å². The van der Waals surface area contributed by atoms with E-state index in [1.165, 1.54) is 148 Å². The van der Waals surface area contributed by atoms with Crippen molar-refractivity contribution in [2.24, 2.45) is 0 Å². The van der Waals surface area contributed by atoms with Crippen molar-refractivity contribution in [3.63, 3.8) is 0 Å². The van der Waals surface area contributed by atoms with Crippen LogP contribution in [0.5, 0.6) is 0 Å². The van der Waals surface area contributed by atoms with Gasteiger partial charge in [0.15, 0.2) is 6.10 Å². The standard InChI is InChI=1S/C49H90O6/c1-4-7-10-13-16-17-18-19-20-21-22-23-24-25-26-27-28-29-30-31-32-33-34-37-39-42-48(51)54-45-46(55-49(52)43-40-36-15-12-9-6-3)44-53-47(50)41-38-35-14-11-8-5-2/h18-19,21-22,46H,4-17,20,23-45H2,1-3H3/b19-18-,22-21-. The minimum atomic E-state index is -0.760. The molecular weight excluding hydrogens is 685 g/mol. The van der Waals surface area contributed by atoms with E-state index < -0.39 is 6.10 Å². The fourth-order valence-corrected chi connectivity index (χ4v) is 6.82. The third-order valence-corrected chi connectivity index (χ3v) is 10.5. The van der Waals surface area contributed by atoms with E-state index in [9.17, 15) is 14.4 Å². The second-order valence-corrected chi connectivity index (χ2v) is 16.0. The minimum absolute atomic E-state index is 0.0693. The predicted molar refractivity (Wildman–Crippen MR) is 233 cm³/mol. The Morgan fingerprint density at radius 1 is 0.364 bits per heavy atom. The van der Waals surface area contributed by atoms with E-state index in [1.54, 1.807) is 0 Å². The molecule has 55 heavy (non-hydrogen) atoms.